The Bertz CT molecular complexity index is 1090. The maximum Gasteiger partial charge on any atom is 0.255 e. The third-order valence-corrected chi connectivity index (χ3v) is 7.58. The summed E-state index contributed by atoms with van der Waals surface area (Å²) in [5, 5.41) is 2.81. The Morgan fingerprint density at radius 3 is 2.42 bits per heavy atom. The van der Waals surface area contributed by atoms with Crippen molar-refractivity contribution in [3.63, 3.8) is 0 Å². The van der Waals surface area contributed by atoms with Gasteiger partial charge in [-0.25, -0.2) is 8.42 Å². The Morgan fingerprint density at radius 2 is 1.71 bits per heavy atom. The van der Waals surface area contributed by atoms with E-state index in [0.29, 0.717) is 44.8 Å². The molecule has 164 valence electrons. The number of hydrogen-bond acceptors (Lipinski definition) is 5. The van der Waals surface area contributed by atoms with E-state index in [1.165, 1.54) is 16.4 Å². The van der Waals surface area contributed by atoms with E-state index in [-0.39, 0.29) is 16.4 Å². The third-order valence-electron chi connectivity index (χ3n) is 5.69. The van der Waals surface area contributed by atoms with Gasteiger partial charge in [-0.3, -0.25) is 9.59 Å². The lowest BCUT2D eigenvalue weighted by Gasteiger charge is -2.31. The van der Waals surface area contributed by atoms with Gasteiger partial charge in [-0.05, 0) is 49.9 Å². The fraction of sp³-hybridized carbons (Fsp3) is 0.364. The van der Waals surface area contributed by atoms with Crippen molar-refractivity contribution in [1.82, 2.24) is 9.21 Å². The third kappa shape index (κ3) is 4.63. The van der Waals surface area contributed by atoms with E-state index in [0.717, 1.165) is 12.1 Å². The molecule has 8 nitrogen and oxygen atoms in total. The van der Waals surface area contributed by atoms with Crippen LogP contribution >= 0.6 is 0 Å². The number of carbonyl (C=O) groups is 2. The van der Waals surface area contributed by atoms with E-state index in [1.54, 1.807) is 35.2 Å². The van der Waals surface area contributed by atoms with Crippen LogP contribution in [0.15, 0.2) is 53.4 Å². The van der Waals surface area contributed by atoms with Gasteiger partial charge in [0.15, 0.2) is 0 Å². The summed E-state index contributed by atoms with van der Waals surface area (Å²) in [4.78, 5) is 28.7. The lowest BCUT2D eigenvalue weighted by molar-refractivity contribution is -0.117. The van der Waals surface area contributed by atoms with Crippen LogP contribution in [0, 0.1) is 0 Å². The van der Waals surface area contributed by atoms with Gasteiger partial charge in [0.1, 0.15) is 0 Å². The maximum absolute atomic E-state index is 13.0. The van der Waals surface area contributed by atoms with Crippen molar-refractivity contribution >= 4 is 33.2 Å². The van der Waals surface area contributed by atoms with E-state index in [9.17, 15) is 18.0 Å². The molecule has 0 saturated carbocycles. The van der Waals surface area contributed by atoms with Gasteiger partial charge in [0, 0.05) is 56.1 Å². The first-order chi connectivity index (χ1) is 14.8. The normalized spacial score (nSPS) is 18.4. The van der Waals surface area contributed by atoms with Gasteiger partial charge in [-0.15, -0.1) is 0 Å². The molecule has 0 spiro atoms. The minimum atomic E-state index is -3.66. The molecule has 2 aliphatic heterocycles. The summed E-state index contributed by atoms with van der Waals surface area (Å²) >= 11 is 0. The molecule has 2 fully saturated rings. The molecule has 2 saturated heterocycles. The number of rotatable bonds is 5. The summed E-state index contributed by atoms with van der Waals surface area (Å²) in [7, 11) is -1.69. The van der Waals surface area contributed by atoms with Gasteiger partial charge < -0.3 is 15.1 Å². The molecule has 0 aromatic heterocycles. The van der Waals surface area contributed by atoms with Gasteiger partial charge in [0.2, 0.25) is 15.9 Å². The van der Waals surface area contributed by atoms with Crippen LogP contribution in [0.2, 0.25) is 0 Å². The zero-order chi connectivity index (χ0) is 22.0. The number of benzene rings is 2. The number of sulfonamides is 1. The van der Waals surface area contributed by atoms with E-state index in [4.69, 9.17) is 0 Å². The van der Waals surface area contributed by atoms with Crippen molar-refractivity contribution in [2.75, 3.05) is 50.0 Å². The number of amides is 2. The Hall–Kier alpha value is -2.75. The first-order valence-electron chi connectivity index (χ1n) is 10.4. The lowest BCUT2D eigenvalue weighted by atomic mass is 10.2. The largest absolute Gasteiger partial charge is 0.322 e. The summed E-state index contributed by atoms with van der Waals surface area (Å²) in [5.74, 6) is -0.328. The zero-order valence-electron chi connectivity index (χ0n) is 17.5. The molecule has 0 aliphatic carbocycles. The highest BCUT2D eigenvalue weighted by Gasteiger charge is 2.28. The monoisotopic (exact) mass is 442 g/mol. The number of nitrogens with one attached hydrogen (secondary N) is 1. The SMILES string of the molecule is CN1CCN(S(=O)(=O)c2cccc(C(=O)Nc3cccc(N4CCCC4=O)c3)c2)CC1. The molecule has 0 bridgehead atoms. The molecule has 2 aromatic carbocycles. The average Bonchev–Trinajstić information content (AvgIpc) is 3.20. The van der Waals surface area contributed by atoms with E-state index < -0.39 is 15.9 Å². The summed E-state index contributed by atoms with van der Waals surface area (Å²) < 4.78 is 27.4. The van der Waals surface area contributed by atoms with Crippen molar-refractivity contribution in [3.05, 3.63) is 54.1 Å². The van der Waals surface area contributed by atoms with Gasteiger partial charge in [0.05, 0.1) is 4.90 Å². The molecule has 0 unspecified atom stereocenters. The van der Waals surface area contributed by atoms with Crippen molar-refractivity contribution in [2.45, 2.75) is 17.7 Å². The first kappa shape index (κ1) is 21.5. The highest BCUT2D eigenvalue weighted by Crippen LogP contribution is 2.25. The van der Waals surface area contributed by atoms with Crippen LogP contribution in [0.4, 0.5) is 11.4 Å². The number of carbonyl (C=O) groups excluding carboxylic acids is 2. The summed E-state index contributed by atoms with van der Waals surface area (Å²) in [6.07, 6.45) is 1.36. The fourth-order valence-electron chi connectivity index (χ4n) is 3.85. The molecule has 0 radical (unpaired) electrons. The second kappa shape index (κ2) is 8.78. The van der Waals surface area contributed by atoms with Crippen LogP contribution in [0.25, 0.3) is 0 Å². The van der Waals surface area contributed by atoms with Crippen molar-refractivity contribution in [1.29, 1.82) is 0 Å². The Labute approximate surface area is 182 Å². The van der Waals surface area contributed by atoms with Crippen LogP contribution in [-0.4, -0.2) is 69.2 Å². The Balaban J connectivity index is 1.51. The van der Waals surface area contributed by atoms with E-state index in [2.05, 4.69) is 10.2 Å². The molecule has 31 heavy (non-hydrogen) atoms. The van der Waals surface area contributed by atoms with Crippen molar-refractivity contribution in [3.8, 4) is 0 Å². The van der Waals surface area contributed by atoms with Crippen LogP contribution in [-0.2, 0) is 14.8 Å². The van der Waals surface area contributed by atoms with Crippen molar-refractivity contribution < 1.29 is 18.0 Å². The number of nitrogens with zero attached hydrogens (tertiary/aromatic N) is 3. The van der Waals surface area contributed by atoms with Gasteiger partial charge in [-0.2, -0.15) is 4.31 Å². The molecule has 2 aromatic rings. The number of likely N-dealkylation sites (N-methyl/N-ethyl adjacent to an activating group) is 1. The predicted molar refractivity (Wildman–Crippen MR) is 119 cm³/mol. The van der Waals surface area contributed by atoms with Gasteiger partial charge in [-0.1, -0.05) is 12.1 Å². The molecule has 1 N–H and O–H groups in total. The lowest BCUT2D eigenvalue weighted by Crippen LogP contribution is -2.47. The molecule has 2 aliphatic rings. The van der Waals surface area contributed by atoms with Gasteiger partial charge in [0.25, 0.3) is 5.91 Å². The molecule has 2 heterocycles. The Morgan fingerprint density at radius 1 is 0.968 bits per heavy atom. The Kier molecular flexibility index (Phi) is 6.08. The van der Waals surface area contributed by atoms with E-state index >= 15 is 0 Å². The second-order valence-electron chi connectivity index (χ2n) is 7.89. The number of anilines is 2. The molecular formula is C22H26N4O4S. The molecule has 2 amide bonds. The molecule has 9 heteroatoms. The molecule has 4 rings (SSSR count). The van der Waals surface area contributed by atoms with Gasteiger partial charge >= 0.3 is 0 Å². The topological polar surface area (TPSA) is 90.0 Å². The van der Waals surface area contributed by atoms with Crippen LogP contribution in [0.1, 0.15) is 23.2 Å². The highest BCUT2D eigenvalue weighted by molar-refractivity contribution is 7.89. The quantitative estimate of drug-likeness (QED) is 0.765. The molecule has 0 atom stereocenters. The van der Waals surface area contributed by atoms with E-state index in [1.807, 2.05) is 13.1 Å². The maximum atomic E-state index is 13.0. The smallest absolute Gasteiger partial charge is 0.255 e. The number of piperazine rings is 1. The summed E-state index contributed by atoms with van der Waals surface area (Å²) in [5.41, 5.74) is 1.55. The highest BCUT2D eigenvalue weighted by atomic mass is 32.2. The van der Waals surface area contributed by atoms with Crippen molar-refractivity contribution in [2.24, 2.45) is 0 Å². The van der Waals surface area contributed by atoms with Crippen LogP contribution < -0.4 is 10.2 Å². The standard InChI is InChI=1S/C22H26N4O4S/c1-24-11-13-25(14-12-24)31(29,30)20-8-2-5-17(15-20)22(28)23-18-6-3-7-19(16-18)26-10-4-9-21(26)27/h2-3,5-8,15-16H,4,9-14H2,1H3,(H,23,28). The minimum Gasteiger partial charge on any atom is -0.322 e. The molecular weight excluding hydrogens is 416 g/mol. The minimum absolute atomic E-state index is 0.0743. The summed E-state index contributed by atoms with van der Waals surface area (Å²) in [6.45, 7) is 2.88. The van der Waals surface area contributed by atoms with Crippen LogP contribution in [0.5, 0.6) is 0 Å². The zero-order valence-corrected chi connectivity index (χ0v) is 18.3. The van der Waals surface area contributed by atoms with Crippen LogP contribution in [0.3, 0.4) is 0 Å². The summed E-state index contributed by atoms with van der Waals surface area (Å²) in [6, 6.07) is 13.2. The second-order valence-corrected chi connectivity index (χ2v) is 9.83. The number of hydrogen-bond donors (Lipinski definition) is 1. The fourth-order valence-corrected chi connectivity index (χ4v) is 5.32. The average molecular weight is 443 g/mol. The first-order valence-corrected chi connectivity index (χ1v) is 11.8. The predicted octanol–water partition coefficient (Wildman–Crippen LogP) is 2.00.